The minimum atomic E-state index is -0.427. The monoisotopic (exact) mass is 437 g/mol. The van der Waals surface area contributed by atoms with Gasteiger partial charge in [-0.15, -0.1) is 11.3 Å². The van der Waals surface area contributed by atoms with Crippen LogP contribution in [-0.2, 0) is 9.53 Å². The predicted molar refractivity (Wildman–Crippen MR) is 125 cm³/mol. The van der Waals surface area contributed by atoms with Crippen LogP contribution in [0.15, 0.2) is 54.6 Å². The Morgan fingerprint density at radius 3 is 2.52 bits per heavy atom. The summed E-state index contributed by atoms with van der Waals surface area (Å²) in [6, 6.07) is 17.5. The molecule has 5 nitrogen and oxygen atoms in total. The summed E-state index contributed by atoms with van der Waals surface area (Å²) in [4.78, 5) is 26.2. The smallest absolute Gasteiger partial charge is 0.341 e. The van der Waals surface area contributed by atoms with Gasteiger partial charge in [0, 0.05) is 16.9 Å². The van der Waals surface area contributed by atoms with Gasteiger partial charge in [-0.25, -0.2) is 4.79 Å². The van der Waals surface area contributed by atoms with Crippen molar-refractivity contribution in [2.75, 3.05) is 18.5 Å². The van der Waals surface area contributed by atoms with Gasteiger partial charge < -0.3 is 14.8 Å². The number of benzene rings is 2. The average Bonchev–Trinajstić information content (AvgIpc) is 3.07. The van der Waals surface area contributed by atoms with E-state index in [4.69, 9.17) is 9.47 Å². The van der Waals surface area contributed by atoms with Crippen LogP contribution >= 0.6 is 11.3 Å². The number of rotatable bonds is 9. The summed E-state index contributed by atoms with van der Waals surface area (Å²) in [6.45, 7) is 6.44. The third kappa shape index (κ3) is 5.95. The maximum atomic E-state index is 12.7. The quantitative estimate of drug-likeness (QED) is 0.329. The molecule has 1 aromatic heterocycles. The summed E-state index contributed by atoms with van der Waals surface area (Å²) in [7, 11) is 0. The lowest BCUT2D eigenvalue weighted by Gasteiger charge is -2.10. The number of carbonyl (C=O) groups is 2. The molecule has 0 aliphatic carbocycles. The molecule has 1 heterocycles. The van der Waals surface area contributed by atoms with Crippen LogP contribution in [0.2, 0.25) is 0 Å². The molecule has 2 aromatic carbocycles. The molecule has 0 aliphatic rings. The Morgan fingerprint density at radius 2 is 1.81 bits per heavy atom. The summed E-state index contributed by atoms with van der Waals surface area (Å²) in [6.07, 6.45) is 0.871. The van der Waals surface area contributed by atoms with Crippen LogP contribution in [0.25, 0.3) is 11.1 Å². The molecule has 6 heteroatoms. The summed E-state index contributed by atoms with van der Waals surface area (Å²) >= 11 is 1.39. The number of nitrogens with one attached hydrogen (secondary N) is 1. The van der Waals surface area contributed by atoms with Gasteiger partial charge in [-0.05, 0) is 50.5 Å². The van der Waals surface area contributed by atoms with Gasteiger partial charge in [0.2, 0.25) is 5.91 Å². The first-order valence-electron chi connectivity index (χ1n) is 10.3. The Balaban J connectivity index is 1.68. The maximum Gasteiger partial charge on any atom is 0.341 e. The number of anilines is 1. The van der Waals surface area contributed by atoms with Crippen molar-refractivity contribution in [3.8, 4) is 16.9 Å². The number of amides is 1. The van der Waals surface area contributed by atoms with Crippen LogP contribution in [-0.4, -0.2) is 25.1 Å². The highest BCUT2D eigenvalue weighted by atomic mass is 32.1. The maximum absolute atomic E-state index is 12.7. The van der Waals surface area contributed by atoms with E-state index in [2.05, 4.69) is 5.32 Å². The zero-order valence-corrected chi connectivity index (χ0v) is 18.9. The molecule has 0 aliphatic heterocycles. The van der Waals surface area contributed by atoms with Crippen molar-refractivity contribution in [3.63, 3.8) is 0 Å². The number of carbonyl (C=O) groups excluding carboxylic acids is 2. The molecule has 0 atom stereocenters. The minimum Gasteiger partial charge on any atom is -0.494 e. The summed E-state index contributed by atoms with van der Waals surface area (Å²) in [5.74, 6) is 0.217. The lowest BCUT2D eigenvalue weighted by atomic mass is 10.0. The zero-order valence-electron chi connectivity index (χ0n) is 18.1. The highest BCUT2D eigenvalue weighted by Crippen LogP contribution is 2.40. The van der Waals surface area contributed by atoms with Crippen molar-refractivity contribution in [3.05, 3.63) is 70.6 Å². The lowest BCUT2D eigenvalue weighted by Crippen LogP contribution is -2.15. The molecular weight excluding hydrogens is 410 g/mol. The molecule has 0 bridgehead atoms. The van der Waals surface area contributed by atoms with E-state index in [0.717, 1.165) is 27.3 Å². The first-order chi connectivity index (χ1) is 15.0. The van der Waals surface area contributed by atoms with Gasteiger partial charge in [0.25, 0.3) is 0 Å². The molecule has 1 N–H and O–H groups in total. The second-order valence-electron chi connectivity index (χ2n) is 7.14. The number of thiophene rings is 1. The van der Waals surface area contributed by atoms with Gasteiger partial charge in [-0.2, -0.15) is 0 Å². The van der Waals surface area contributed by atoms with Gasteiger partial charge in [-0.3, -0.25) is 4.79 Å². The second-order valence-corrected chi connectivity index (χ2v) is 8.37. The van der Waals surface area contributed by atoms with Gasteiger partial charge in [0.05, 0.1) is 13.2 Å². The van der Waals surface area contributed by atoms with E-state index in [1.165, 1.54) is 11.3 Å². The molecule has 0 saturated heterocycles. The molecule has 0 unspecified atom stereocenters. The van der Waals surface area contributed by atoms with Gasteiger partial charge >= 0.3 is 5.97 Å². The molecule has 1 amide bonds. The van der Waals surface area contributed by atoms with Crippen molar-refractivity contribution in [2.24, 2.45) is 0 Å². The van der Waals surface area contributed by atoms with Crippen molar-refractivity contribution < 1.29 is 19.1 Å². The van der Waals surface area contributed by atoms with Crippen molar-refractivity contribution >= 4 is 28.2 Å². The van der Waals surface area contributed by atoms with E-state index in [-0.39, 0.29) is 12.5 Å². The molecule has 0 fully saturated rings. The van der Waals surface area contributed by atoms with Gasteiger partial charge in [0.15, 0.2) is 0 Å². The normalized spacial score (nSPS) is 10.5. The van der Waals surface area contributed by atoms with Gasteiger partial charge in [-0.1, -0.05) is 42.5 Å². The van der Waals surface area contributed by atoms with Crippen LogP contribution in [0.3, 0.4) is 0 Å². The fourth-order valence-corrected chi connectivity index (χ4v) is 4.38. The second kappa shape index (κ2) is 10.8. The molecular formula is C25H27NO4S. The Labute approximate surface area is 187 Å². The molecule has 3 aromatic rings. The van der Waals surface area contributed by atoms with Crippen molar-refractivity contribution in [2.45, 2.75) is 33.6 Å². The van der Waals surface area contributed by atoms with E-state index in [1.54, 1.807) is 6.92 Å². The van der Waals surface area contributed by atoms with E-state index < -0.39 is 5.97 Å². The predicted octanol–water partition coefficient (Wildman–Crippen LogP) is 6.01. The number of ether oxygens (including phenoxy) is 2. The third-order valence-electron chi connectivity index (χ3n) is 4.69. The highest BCUT2D eigenvalue weighted by molar-refractivity contribution is 7.17. The van der Waals surface area contributed by atoms with E-state index in [1.807, 2.05) is 68.4 Å². The van der Waals surface area contributed by atoms with E-state index in [9.17, 15) is 9.59 Å². The Hall–Kier alpha value is -3.12. The van der Waals surface area contributed by atoms with E-state index in [0.29, 0.717) is 30.0 Å². The molecule has 0 radical (unpaired) electrons. The number of hydrogen-bond donors (Lipinski definition) is 1. The first-order valence-corrected chi connectivity index (χ1v) is 11.2. The van der Waals surface area contributed by atoms with Crippen molar-refractivity contribution in [1.82, 2.24) is 0 Å². The summed E-state index contributed by atoms with van der Waals surface area (Å²) in [5.41, 5.74) is 3.28. The van der Waals surface area contributed by atoms with Crippen LogP contribution in [0, 0.1) is 13.8 Å². The molecule has 3 rings (SSSR count). The molecule has 31 heavy (non-hydrogen) atoms. The Morgan fingerprint density at radius 1 is 1.03 bits per heavy atom. The number of esters is 1. The summed E-state index contributed by atoms with van der Waals surface area (Å²) < 4.78 is 11.0. The first kappa shape index (κ1) is 22.6. The van der Waals surface area contributed by atoms with Crippen LogP contribution in [0.1, 0.15) is 40.6 Å². The molecule has 162 valence electrons. The lowest BCUT2D eigenvalue weighted by molar-refractivity contribution is -0.116. The van der Waals surface area contributed by atoms with Crippen LogP contribution in [0.5, 0.6) is 5.75 Å². The van der Waals surface area contributed by atoms with Crippen molar-refractivity contribution in [1.29, 1.82) is 0 Å². The molecule has 0 spiro atoms. The largest absolute Gasteiger partial charge is 0.494 e. The Kier molecular flexibility index (Phi) is 7.84. The topological polar surface area (TPSA) is 64.6 Å². The average molecular weight is 438 g/mol. The fourth-order valence-electron chi connectivity index (χ4n) is 3.30. The summed E-state index contributed by atoms with van der Waals surface area (Å²) in [5, 5.41) is 3.44. The SMILES string of the molecule is CCOC(=O)c1c(NC(=O)CCCOc2cccc(C)c2)sc(C)c1-c1ccccc1. The van der Waals surface area contributed by atoms with Crippen LogP contribution < -0.4 is 10.1 Å². The van der Waals surface area contributed by atoms with Crippen LogP contribution in [0.4, 0.5) is 5.00 Å². The Bertz CT molecular complexity index is 1040. The number of aryl methyl sites for hydroxylation is 2. The standard InChI is InChI=1S/C25H27NO4S/c1-4-29-25(28)23-22(19-11-6-5-7-12-19)18(3)31-24(23)26-21(27)14-9-15-30-20-13-8-10-17(2)16-20/h5-8,10-13,16H,4,9,14-15H2,1-3H3,(H,26,27). The van der Waals surface area contributed by atoms with Gasteiger partial charge in [0.1, 0.15) is 16.3 Å². The number of hydrogen-bond acceptors (Lipinski definition) is 5. The van der Waals surface area contributed by atoms with E-state index >= 15 is 0 Å². The third-order valence-corrected chi connectivity index (χ3v) is 5.71. The zero-order chi connectivity index (χ0) is 22.2. The fraction of sp³-hybridized carbons (Fsp3) is 0.280. The molecule has 0 saturated carbocycles. The minimum absolute atomic E-state index is 0.153. The highest BCUT2D eigenvalue weighted by Gasteiger charge is 2.25.